The standard InChI is InChI=1S/C9H10IN/c10-8-4-5-11-9(6-8)7-2-1-3-7/h4-7H,1-3H2. The van der Waals surface area contributed by atoms with Crippen LogP contribution in [0, 0.1) is 3.57 Å². The van der Waals surface area contributed by atoms with Crippen molar-refractivity contribution in [2.75, 3.05) is 0 Å². The largest absolute Gasteiger partial charge is 0.261 e. The van der Waals surface area contributed by atoms with E-state index in [1.165, 1.54) is 28.5 Å². The molecule has 1 fully saturated rings. The Morgan fingerprint density at radius 1 is 1.45 bits per heavy atom. The number of hydrogen-bond acceptors (Lipinski definition) is 1. The first-order valence-electron chi connectivity index (χ1n) is 3.98. The summed E-state index contributed by atoms with van der Waals surface area (Å²) in [6, 6.07) is 4.24. The van der Waals surface area contributed by atoms with Crippen LogP contribution in [0.5, 0.6) is 0 Å². The zero-order chi connectivity index (χ0) is 7.68. The van der Waals surface area contributed by atoms with Crippen LogP contribution in [0.15, 0.2) is 18.3 Å². The van der Waals surface area contributed by atoms with Gasteiger partial charge in [0, 0.05) is 21.4 Å². The predicted octanol–water partition coefficient (Wildman–Crippen LogP) is 2.95. The number of nitrogens with zero attached hydrogens (tertiary/aromatic N) is 1. The Balaban J connectivity index is 2.23. The fourth-order valence-corrected chi connectivity index (χ4v) is 1.83. The van der Waals surface area contributed by atoms with Gasteiger partial charge in [-0.25, -0.2) is 0 Å². The summed E-state index contributed by atoms with van der Waals surface area (Å²) in [6.45, 7) is 0. The second-order valence-corrected chi connectivity index (χ2v) is 4.27. The smallest absolute Gasteiger partial charge is 0.0445 e. The molecule has 0 bridgehead atoms. The van der Waals surface area contributed by atoms with Gasteiger partial charge in [0.15, 0.2) is 0 Å². The molecule has 0 N–H and O–H groups in total. The molecule has 0 spiro atoms. The van der Waals surface area contributed by atoms with E-state index in [2.05, 4.69) is 33.6 Å². The number of pyridine rings is 1. The zero-order valence-corrected chi connectivity index (χ0v) is 8.41. The van der Waals surface area contributed by atoms with Crippen LogP contribution in [-0.4, -0.2) is 4.98 Å². The molecule has 0 amide bonds. The molecule has 2 rings (SSSR count). The van der Waals surface area contributed by atoms with Gasteiger partial charge in [0.1, 0.15) is 0 Å². The normalized spacial score (nSPS) is 17.9. The Bertz CT molecular complexity index is 255. The Kier molecular flexibility index (Phi) is 2.11. The monoisotopic (exact) mass is 259 g/mol. The molecule has 0 aliphatic heterocycles. The third kappa shape index (κ3) is 1.55. The molecule has 1 aliphatic carbocycles. The molecule has 1 heterocycles. The Labute approximate surface area is 80.4 Å². The number of hydrogen-bond donors (Lipinski definition) is 0. The highest BCUT2D eigenvalue weighted by molar-refractivity contribution is 14.1. The molecule has 1 nitrogen and oxygen atoms in total. The van der Waals surface area contributed by atoms with Crippen molar-refractivity contribution in [1.82, 2.24) is 4.98 Å². The second kappa shape index (κ2) is 3.09. The fourth-order valence-electron chi connectivity index (χ4n) is 1.35. The van der Waals surface area contributed by atoms with Gasteiger partial charge in [-0.1, -0.05) is 6.42 Å². The minimum Gasteiger partial charge on any atom is -0.261 e. The number of aromatic nitrogens is 1. The van der Waals surface area contributed by atoms with E-state index < -0.39 is 0 Å². The third-order valence-electron chi connectivity index (χ3n) is 2.27. The summed E-state index contributed by atoms with van der Waals surface area (Å²) in [7, 11) is 0. The van der Waals surface area contributed by atoms with Crippen LogP contribution in [0.4, 0.5) is 0 Å². The topological polar surface area (TPSA) is 12.9 Å². The lowest BCUT2D eigenvalue weighted by atomic mass is 9.83. The molecule has 58 valence electrons. The fraction of sp³-hybridized carbons (Fsp3) is 0.444. The SMILES string of the molecule is Ic1ccnc(C2CCC2)c1. The van der Waals surface area contributed by atoms with Crippen molar-refractivity contribution in [3.05, 3.63) is 27.6 Å². The maximum atomic E-state index is 4.36. The maximum Gasteiger partial charge on any atom is 0.0445 e. The minimum atomic E-state index is 0.768. The van der Waals surface area contributed by atoms with E-state index in [1.54, 1.807) is 0 Å². The lowest BCUT2D eigenvalue weighted by Crippen LogP contribution is -2.10. The van der Waals surface area contributed by atoms with E-state index in [0.717, 1.165) is 5.92 Å². The lowest BCUT2D eigenvalue weighted by Gasteiger charge is -2.24. The highest BCUT2D eigenvalue weighted by Crippen LogP contribution is 2.35. The van der Waals surface area contributed by atoms with Gasteiger partial charge in [-0.2, -0.15) is 0 Å². The van der Waals surface area contributed by atoms with E-state index in [4.69, 9.17) is 0 Å². The number of rotatable bonds is 1. The molecular formula is C9H10IN. The van der Waals surface area contributed by atoms with Crippen molar-refractivity contribution in [2.45, 2.75) is 25.2 Å². The van der Waals surface area contributed by atoms with Crippen LogP contribution < -0.4 is 0 Å². The Morgan fingerprint density at radius 3 is 2.82 bits per heavy atom. The Morgan fingerprint density at radius 2 is 2.27 bits per heavy atom. The minimum absolute atomic E-state index is 0.768. The van der Waals surface area contributed by atoms with E-state index in [1.807, 2.05) is 12.3 Å². The van der Waals surface area contributed by atoms with Gasteiger partial charge in [0.05, 0.1) is 0 Å². The van der Waals surface area contributed by atoms with E-state index in [0.29, 0.717) is 0 Å². The van der Waals surface area contributed by atoms with Crippen LogP contribution in [0.2, 0.25) is 0 Å². The predicted molar refractivity (Wildman–Crippen MR) is 53.5 cm³/mol. The van der Waals surface area contributed by atoms with E-state index in [-0.39, 0.29) is 0 Å². The molecule has 0 radical (unpaired) electrons. The highest BCUT2D eigenvalue weighted by Gasteiger charge is 2.20. The van der Waals surface area contributed by atoms with Gasteiger partial charge < -0.3 is 0 Å². The zero-order valence-electron chi connectivity index (χ0n) is 6.26. The molecule has 0 atom stereocenters. The molecule has 1 saturated carbocycles. The molecule has 11 heavy (non-hydrogen) atoms. The van der Waals surface area contributed by atoms with Crippen LogP contribution in [0.1, 0.15) is 30.9 Å². The lowest BCUT2D eigenvalue weighted by molar-refractivity contribution is 0.411. The van der Waals surface area contributed by atoms with Crippen LogP contribution >= 0.6 is 22.6 Å². The average Bonchev–Trinajstić information content (AvgIpc) is 1.83. The van der Waals surface area contributed by atoms with Crippen molar-refractivity contribution >= 4 is 22.6 Å². The van der Waals surface area contributed by atoms with Crippen molar-refractivity contribution in [3.8, 4) is 0 Å². The summed E-state index contributed by atoms with van der Waals surface area (Å²) >= 11 is 2.34. The quantitative estimate of drug-likeness (QED) is 0.706. The molecule has 0 unspecified atom stereocenters. The van der Waals surface area contributed by atoms with Crippen molar-refractivity contribution in [2.24, 2.45) is 0 Å². The van der Waals surface area contributed by atoms with Gasteiger partial charge in [-0.3, -0.25) is 4.98 Å². The van der Waals surface area contributed by atoms with Crippen molar-refractivity contribution in [1.29, 1.82) is 0 Å². The molecule has 1 aliphatic rings. The molecule has 1 aromatic heterocycles. The van der Waals surface area contributed by atoms with Crippen LogP contribution in [0.3, 0.4) is 0 Å². The van der Waals surface area contributed by atoms with Crippen LogP contribution in [0.25, 0.3) is 0 Å². The van der Waals surface area contributed by atoms with Gasteiger partial charge >= 0.3 is 0 Å². The third-order valence-corrected chi connectivity index (χ3v) is 2.94. The summed E-state index contributed by atoms with van der Waals surface area (Å²) < 4.78 is 1.31. The second-order valence-electron chi connectivity index (χ2n) is 3.03. The Hall–Kier alpha value is -0.120. The van der Waals surface area contributed by atoms with E-state index >= 15 is 0 Å². The summed E-state index contributed by atoms with van der Waals surface area (Å²) in [4.78, 5) is 4.36. The summed E-state index contributed by atoms with van der Waals surface area (Å²) in [6.07, 6.45) is 5.98. The van der Waals surface area contributed by atoms with Gasteiger partial charge in [-0.05, 0) is 47.6 Å². The summed E-state index contributed by atoms with van der Waals surface area (Å²) in [5, 5.41) is 0. The van der Waals surface area contributed by atoms with Crippen molar-refractivity contribution in [3.63, 3.8) is 0 Å². The molecule has 0 saturated heterocycles. The molecule has 2 heteroatoms. The first-order valence-corrected chi connectivity index (χ1v) is 5.05. The summed E-state index contributed by atoms with van der Waals surface area (Å²) in [5.41, 5.74) is 1.29. The van der Waals surface area contributed by atoms with Gasteiger partial charge in [-0.15, -0.1) is 0 Å². The highest BCUT2D eigenvalue weighted by atomic mass is 127. The first kappa shape index (κ1) is 7.53. The van der Waals surface area contributed by atoms with Gasteiger partial charge in [0.25, 0.3) is 0 Å². The first-order chi connectivity index (χ1) is 5.36. The molecule has 0 aromatic carbocycles. The van der Waals surface area contributed by atoms with Gasteiger partial charge in [0.2, 0.25) is 0 Å². The summed E-state index contributed by atoms with van der Waals surface area (Å²) in [5.74, 6) is 0.768. The van der Waals surface area contributed by atoms with Crippen molar-refractivity contribution < 1.29 is 0 Å². The maximum absolute atomic E-state index is 4.36. The van der Waals surface area contributed by atoms with E-state index in [9.17, 15) is 0 Å². The van der Waals surface area contributed by atoms with Crippen LogP contribution in [-0.2, 0) is 0 Å². The number of halogens is 1. The molecule has 1 aromatic rings. The average molecular weight is 259 g/mol. The molecular weight excluding hydrogens is 249 g/mol.